The first-order valence-electron chi connectivity index (χ1n) is 8.36. The predicted molar refractivity (Wildman–Crippen MR) is 105 cm³/mol. The highest BCUT2D eigenvalue weighted by Crippen LogP contribution is 2.30. The molecule has 8 nitrogen and oxygen atoms in total. The van der Waals surface area contributed by atoms with Gasteiger partial charge in [0.05, 0.1) is 23.3 Å². The van der Waals surface area contributed by atoms with Crippen molar-refractivity contribution in [2.75, 3.05) is 18.6 Å². The van der Waals surface area contributed by atoms with E-state index in [0.29, 0.717) is 22.1 Å². The van der Waals surface area contributed by atoms with Crippen LogP contribution in [0.15, 0.2) is 30.6 Å². The summed E-state index contributed by atoms with van der Waals surface area (Å²) in [7, 11) is 1.25. The largest absolute Gasteiger partial charge is 0.468 e. The number of thiophene rings is 1. The Balaban J connectivity index is 1.58. The number of rotatable bonds is 4. The summed E-state index contributed by atoms with van der Waals surface area (Å²) in [5.74, 6) is -1.36. The second kappa shape index (κ2) is 7.25. The molecule has 3 aromatic rings. The van der Waals surface area contributed by atoms with Crippen molar-refractivity contribution < 1.29 is 19.1 Å². The Morgan fingerprint density at radius 2 is 2.29 bits per heavy atom. The van der Waals surface area contributed by atoms with Crippen molar-refractivity contribution in [3.05, 3.63) is 46.2 Å². The molecule has 2 N–H and O–H groups in total. The SMILES string of the molecule is COC(=O)CN1C(=O)C(NC(=O)c2cc3cc(Cl)sc3[nH]2)Cc2ccncc21. The molecule has 0 spiro atoms. The van der Waals surface area contributed by atoms with Crippen molar-refractivity contribution in [2.24, 2.45) is 0 Å². The standard InChI is InChI=1S/C18H15ClN4O4S/c1-27-15(24)8-23-13-7-20-3-2-9(13)4-12(18(23)26)21-16(25)11-5-10-6-14(19)28-17(10)22-11/h2-3,5-7,12,22H,4,8H2,1H3,(H,21,25). The minimum absolute atomic E-state index is 0.253. The van der Waals surface area contributed by atoms with Crippen LogP contribution in [0.1, 0.15) is 16.1 Å². The molecule has 10 heteroatoms. The van der Waals surface area contributed by atoms with E-state index in [1.807, 2.05) is 0 Å². The molecule has 2 amide bonds. The number of carbonyl (C=O) groups excluding carboxylic acids is 3. The molecule has 0 saturated carbocycles. The Morgan fingerprint density at radius 1 is 1.46 bits per heavy atom. The van der Waals surface area contributed by atoms with E-state index in [0.717, 1.165) is 15.8 Å². The smallest absolute Gasteiger partial charge is 0.325 e. The second-order valence-corrected chi connectivity index (χ2v) is 7.94. The van der Waals surface area contributed by atoms with Crippen LogP contribution >= 0.6 is 22.9 Å². The van der Waals surface area contributed by atoms with E-state index in [4.69, 9.17) is 11.6 Å². The monoisotopic (exact) mass is 418 g/mol. The molecule has 28 heavy (non-hydrogen) atoms. The number of aromatic amines is 1. The fourth-order valence-electron chi connectivity index (χ4n) is 3.16. The van der Waals surface area contributed by atoms with Crippen LogP contribution in [0.25, 0.3) is 10.2 Å². The number of ether oxygens (including phenoxy) is 1. The lowest BCUT2D eigenvalue weighted by molar-refractivity contribution is -0.140. The fraction of sp³-hybridized carbons (Fsp3) is 0.222. The Labute approximate surface area is 168 Å². The highest BCUT2D eigenvalue weighted by Gasteiger charge is 2.35. The summed E-state index contributed by atoms with van der Waals surface area (Å²) in [5.41, 5.74) is 1.69. The van der Waals surface area contributed by atoms with Gasteiger partial charge in [-0.25, -0.2) is 0 Å². The number of fused-ring (bicyclic) bond motifs is 2. The maximum absolute atomic E-state index is 12.9. The van der Waals surface area contributed by atoms with Crippen molar-refractivity contribution in [3.8, 4) is 0 Å². The number of hydrogen-bond donors (Lipinski definition) is 2. The lowest BCUT2D eigenvalue weighted by Crippen LogP contribution is -2.54. The molecular formula is C18H15ClN4O4S. The summed E-state index contributed by atoms with van der Waals surface area (Å²) in [6.45, 7) is -0.253. The number of esters is 1. The lowest BCUT2D eigenvalue weighted by atomic mass is 9.98. The van der Waals surface area contributed by atoms with Crippen LogP contribution in [0, 0.1) is 0 Å². The number of aromatic nitrogens is 2. The number of hydrogen-bond acceptors (Lipinski definition) is 6. The maximum Gasteiger partial charge on any atom is 0.325 e. The minimum atomic E-state index is -0.808. The van der Waals surface area contributed by atoms with Crippen LogP contribution in [0.5, 0.6) is 0 Å². The van der Waals surface area contributed by atoms with E-state index < -0.39 is 23.8 Å². The molecule has 1 unspecified atom stereocenters. The number of anilines is 1. The molecular weight excluding hydrogens is 404 g/mol. The first-order chi connectivity index (χ1) is 13.5. The van der Waals surface area contributed by atoms with Gasteiger partial charge in [0.2, 0.25) is 0 Å². The molecule has 1 aliphatic rings. The average Bonchev–Trinajstić information content (AvgIpc) is 3.22. The lowest BCUT2D eigenvalue weighted by Gasteiger charge is -2.33. The van der Waals surface area contributed by atoms with E-state index in [-0.39, 0.29) is 6.54 Å². The van der Waals surface area contributed by atoms with Crippen molar-refractivity contribution in [1.82, 2.24) is 15.3 Å². The number of pyridine rings is 1. The van der Waals surface area contributed by atoms with Gasteiger partial charge >= 0.3 is 5.97 Å². The summed E-state index contributed by atoms with van der Waals surface area (Å²) in [4.78, 5) is 46.4. The third kappa shape index (κ3) is 3.34. The van der Waals surface area contributed by atoms with E-state index in [2.05, 4.69) is 20.0 Å². The third-order valence-corrected chi connectivity index (χ3v) is 5.71. The minimum Gasteiger partial charge on any atom is -0.468 e. The average molecular weight is 419 g/mol. The van der Waals surface area contributed by atoms with Crippen LogP contribution in [-0.2, 0) is 20.7 Å². The Bertz CT molecular complexity index is 1060. The number of nitrogens with one attached hydrogen (secondary N) is 2. The summed E-state index contributed by atoms with van der Waals surface area (Å²) in [5, 5.41) is 3.58. The van der Waals surface area contributed by atoms with Gasteiger partial charge in [-0.05, 0) is 23.8 Å². The summed E-state index contributed by atoms with van der Waals surface area (Å²) >= 11 is 7.29. The van der Waals surface area contributed by atoms with Crippen LogP contribution in [0.4, 0.5) is 5.69 Å². The first-order valence-corrected chi connectivity index (χ1v) is 9.55. The van der Waals surface area contributed by atoms with Gasteiger partial charge in [0.15, 0.2) is 0 Å². The number of H-pyrrole nitrogens is 1. The summed E-state index contributed by atoms with van der Waals surface area (Å²) in [6.07, 6.45) is 3.44. The number of halogens is 1. The van der Waals surface area contributed by atoms with E-state index in [1.165, 1.54) is 29.5 Å². The topological polar surface area (TPSA) is 104 Å². The van der Waals surface area contributed by atoms with Crippen LogP contribution in [0.2, 0.25) is 4.34 Å². The van der Waals surface area contributed by atoms with Gasteiger partial charge in [-0.15, -0.1) is 11.3 Å². The molecule has 0 aliphatic carbocycles. The van der Waals surface area contributed by atoms with Crippen LogP contribution < -0.4 is 10.2 Å². The Kier molecular flexibility index (Phi) is 4.78. The van der Waals surface area contributed by atoms with Crippen molar-refractivity contribution in [1.29, 1.82) is 0 Å². The zero-order valence-corrected chi connectivity index (χ0v) is 16.3. The van der Waals surface area contributed by atoms with Gasteiger partial charge in [0.1, 0.15) is 23.1 Å². The van der Waals surface area contributed by atoms with Gasteiger partial charge in [-0.1, -0.05) is 11.6 Å². The number of methoxy groups -OCH3 is 1. The Morgan fingerprint density at radius 3 is 3.04 bits per heavy atom. The first kappa shape index (κ1) is 18.5. The van der Waals surface area contributed by atoms with Crippen molar-refractivity contribution in [3.63, 3.8) is 0 Å². The van der Waals surface area contributed by atoms with Crippen molar-refractivity contribution >= 4 is 56.6 Å². The van der Waals surface area contributed by atoms with Crippen molar-refractivity contribution in [2.45, 2.75) is 12.5 Å². The normalized spacial score (nSPS) is 16.1. The fourth-order valence-corrected chi connectivity index (χ4v) is 4.29. The van der Waals surface area contributed by atoms with Crippen LogP contribution in [-0.4, -0.2) is 47.4 Å². The highest BCUT2D eigenvalue weighted by atomic mass is 35.5. The molecule has 4 rings (SSSR count). The van der Waals surface area contributed by atoms with Gasteiger partial charge < -0.3 is 15.0 Å². The number of carbonyl (C=O) groups is 3. The van der Waals surface area contributed by atoms with Gasteiger partial charge in [0, 0.05) is 18.0 Å². The Hall–Kier alpha value is -2.91. The zero-order chi connectivity index (χ0) is 19.8. The van der Waals surface area contributed by atoms with E-state index >= 15 is 0 Å². The third-order valence-electron chi connectivity index (χ3n) is 4.51. The molecule has 0 aromatic carbocycles. The predicted octanol–water partition coefficient (Wildman–Crippen LogP) is 2.14. The quantitative estimate of drug-likeness (QED) is 0.631. The molecule has 0 saturated heterocycles. The second-order valence-electron chi connectivity index (χ2n) is 6.25. The van der Waals surface area contributed by atoms with Gasteiger partial charge in [-0.3, -0.25) is 24.3 Å². The van der Waals surface area contributed by atoms with E-state index in [1.54, 1.807) is 24.4 Å². The van der Waals surface area contributed by atoms with Crippen LogP contribution in [0.3, 0.4) is 0 Å². The molecule has 144 valence electrons. The number of amides is 2. The molecule has 0 radical (unpaired) electrons. The summed E-state index contributed by atoms with van der Waals surface area (Å²) in [6, 6.07) is 4.40. The van der Waals surface area contributed by atoms with Gasteiger partial charge in [-0.2, -0.15) is 0 Å². The maximum atomic E-state index is 12.9. The molecule has 4 heterocycles. The summed E-state index contributed by atoms with van der Waals surface area (Å²) < 4.78 is 5.31. The molecule has 3 aromatic heterocycles. The number of nitrogens with zero attached hydrogens (tertiary/aromatic N) is 2. The molecule has 0 bridgehead atoms. The van der Waals surface area contributed by atoms with E-state index in [9.17, 15) is 14.4 Å². The molecule has 0 fully saturated rings. The molecule has 1 atom stereocenters. The molecule has 1 aliphatic heterocycles. The highest BCUT2D eigenvalue weighted by molar-refractivity contribution is 7.22. The van der Waals surface area contributed by atoms with Gasteiger partial charge in [0.25, 0.3) is 11.8 Å². The zero-order valence-electron chi connectivity index (χ0n) is 14.7.